The van der Waals surface area contributed by atoms with Crippen LogP contribution in [0.3, 0.4) is 0 Å². The monoisotopic (exact) mass is 276 g/mol. The number of piperazine rings is 1. The normalized spacial score (nSPS) is 19.9. The molecule has 1 aromatic carbocycles. The number of hydrogen-bond donors (Lipinski definition) is 1. The van der Waals surface area contributed by atoms with Crippen LogP contribution >= 0.6 is 0 Å². The minimum absolute atomic E-state index is 0.275. The van der Waals surface area contributed by atoms with Crippen LogP contribution in [0.25, 0.3) is 0 Å². The van der Waals surface area contributed by atoms with Crippen LogP contribution in [-0.2, 0) is 12.8 Å². The Balaban J connectivity index is 1.46. The molecule has 4 nitrogen and oxygen atoms in total. The third kappa shape index (κ3) is 3.32. The lowest BCUT2D eigenvalue weighted by Crippen LogP contribution is -2.47. The van der Waals surface area contributed by atoms with Crippen molar-refractivity contribution in [2.45, 2.75) is 12.8 Å². The van der Waals surface area contributed by atoms with Gasteiger partial charge in [-0.25, -0.2) is 0 Å². The summed E-state index contributed by atoms with van der Waals surface area (Å²) in [6.45, 7) is 7.47. The maximum absolute atomic E-state index is 8.95. The first-order chi connectivity index (χ1) is 9.85. The SMILES string of the molecule is OCCN1CCN(CCc2ccc3c(c2)CCO3)CC1. The van der Waals surface area contributed by atoms with Crippen molar-refractivity contribution in [1.82, 2.24) is 9.80 Å². The van der Waals surface area contributed by atoms with Crippen molar-refractivity contribution >= 4 is 0 Å². The van der Waals surface area contributed by atoms with E-state index in [9.17, 15) is 0 Å². The van der Waals surface area contributed by atoms with Gasteiger partial charge in [0.1, 0.15) is 5.75 Å². The van der Waals surface area contributed by atoms with E-state index >= 15 is 0 Å². The highest BCUT2D eigenvalue weighted by Gasteiger charge is 2.16. The van der Waals surface area contributed by atoms with E-state index in [0.717, 1.165) is 64.5 Å². The standard InChI is InChI=1S/C16H24N2O2/c19-11-10-18-8-6-17(7-9-18)5-3-14-1-2-16-15(13-14)4-12-20-16/h1-2,13,19H,3-12H2. The largest absolute Gasteiger partial charge is 0.493 e. The fraction of sp³-hybridized carbons (Fsp3) is 0.625. The Bertz CT molecular complexity index is 442. The number of ether oxygens (including phenoxy) is 1. The van der Waals surface area contributed by atoms with Crippen LogP contribution in [0.1, 0.15) is 11.1 Å². The van der Waals surface area contributed by atoms with Crippen LogP contribution in [-0.4, -0.2) is 67.4 Å². The second kappa shape index (κ2) is 6.57. The van der Waals surface area contributed by atoms with Crippen LogP contribution in [0.2, 0.25) is 0 Å². The molecule has 0 saturated carbocycles. The van der Waals surface area contributed by atoms with Crippen LogP contribution in [0.15, 0.2) is 18.2 Å². The predicted octanol–water partition coefficient (Wildman–Crippen LogP) is 0.774. The molecule has 3 rings (SSSR count). The Morgan fingerprint density at radius 2 is 1.80 bits per heavy atom. The summed E-state index contributed by atoms with van der Waals surface area (Å²) < 4.78 is 5.55. The van der Waals surface area contributed by atoms with E-state index in [1.165, 1.54) is 11.1 Å². The predicted molar refractivity (Wildman–Crippen MR) is 79.3 cm³/mol. The molecule has 20 heavy (non-hydrogen) atoms. The molecule has 2 aliphatic heterocycles. The number of aliphatic hydroxyl groups is 1. The fourth-order valence-electron chi connectivity index (χ4n) is 3.06. The highest BCUT2D eigenvalue weighted by Crippen LogP contribution is 2.26. The molecule has 2 aliphatic rings. The van der Waals surface area contributed by atoms with Gasteiger partial charge in [-0.2, -0.15) is 0 Å². The first-order valence-corrected chi connectivity index (χ1v) is 7.65. The summed E-state index contributed by atoms with van der Waals surface area (Å²) in [6, 6.07) is 6.63. The average Bonchev–Trinajstić information content (AvgIpc) is 2.94. The van der Waals surface area contributed by atoms with E-state index < -0.39 is 0 Å². The third-order valence-corrected chi connectivity index (χ3v) is 4.35. The van der Waals surface area contributed by atoms with Gasteiger partial charge in [-0.15, -0.1) is 0 Å². The number of rotatable bonds is 5. The van der Waals surface area contributed by atoms with E-state index in [1.807, 2.05) is 0 Å². The topological polar surface area (TPSA) is 35.9 Å². The molecule has 0 radical (unpaired) electrons. The summed E-state index contributed by atoms with van der Waals surface area (Å²) in [5.74, 6) is 1.08. The van der Waals surface area contributed by atoms with Crippen molar-refractivity contribution < 1.29 is 9.84 Å². The third-order valence-electron chi connectivity index (χ3n) is 4.35. The number of fused-ring (bicyclic) bond motifs is 1. The molecule has 0 spiro atoms. The number of aliphatic hydroxyl groups excluding tert-OH is 1. The summed E-state index contributed by atoms with van der Waals surface area (Å²) in [5.41, 5.74) is 2.79. The molecule has 0 atom stereocenters. The molecule has 0 bridgehead atoms. The Labute approximate surface area is 120 Å². The lowest BCUT2D eigenvalue weighted by atomic mass is 10.1. The van der Waals surface area contributed by atoms with Crippen LogP contribution < -0.4 is 4.74 Å². The smallest absolute Gasteiger partial charge is 0.122 e. The van der Waals surface area contributed by atoms with Crippen LogP contribution in [0, 0.1) is 0 Å². The molecule has 0 aromatic heterocycles. The lowest BCUT2D eigenvalue weighted by molar-refractivity contribution is 0.113. The van der Waals surface area contributed by atoms with Gasteiger partial charge >= 0.3 is 0 Å². The van der Waals surface area contributed by atoms with E-state index in [4.69, 9.17) is 9.84 Å². The quantitative estimate of drug-likeness (QED) is 0.862. The van der Waals surface area contributed by atoms with Crippen LogP contribution in [0.5, 0.6) is 5.75 Å². The number of hydrogen-bond acceptors (Lipinski definition) is 4. The van der Waals surface area contributed by atoms with Gasteiger partial charge in [0.15, 0.2) is 0 Å². The molecular weight excluding hydrogens is 252 g/mol. The van der Waals surface area contributed by atoms with E-state index in [-0.39, 0.29) is 6.61 Å². The Morgan fingerprint density at radius 3 is 2.55 bits per heavy atom. The number of nitrogens with zero attached hydrogens (tertiary/aromatic N) is 2. The molecule has 1 aromatic rings. The van der Waals surface area contributed by atoms with Gasteiger partial charge in [-0.3, -0.25) is 4.90 Å². The highest BCUT2D eigenvalue weighted by atomic mass is 16.5. The molecule has 0 aliphatic carbocycles. The van der Waals surface area contributed by atoms with Crippen molar-refractivity contribution in [2.24, 2.45) is 0 Å². The molecule has 4 heteroatoms. The van der Waals surface area contributed by atoms with E-state index in [0.29, 0.717) is 0 Å². The van der Waals surface area contributed by atoms with Gasteiger partial charge < -0.3 is 14.7 Å². The minimum atomic E-state index is 0.275. The zero-order valence-corrected chi connectivity index (χ0v) is 12.1. The van der Waals surface area contributed by atoms with Gasteiger partial charge in [-0.05, 0) is 23.6 Å². The second-order valence-electron chi connectivity index (χ2n) is 5.70. The van der Waals surface area contributed by atoms with Crippen molar-refractivity contribution in [3.8, 4) is 5.75 Å². The van der Waals surface area contributed by atoms with Gasteiger partial charge in [-0.1, -0.05) is 12.1 Å². The zero-order chi connectivity index (χ0) is 13.8. The van der Waals surface area contributed by atoms with Gasteiger partial charge in [0.05, 0.1) is 13.2 Å². The maximum atomic E-state index is 8.95. The van der Waals surface area contributed by atoms with Gasteiger partial charge in [0, 0.05) is 45.7 Å². The Morgan fingerprint density at radius 1 is 1.05 bits per heavy atom. The van der Waals surface area contributed by atoms with E-state index in [2.05, 4.69) is 28.0 Å². The summed E-state index contributed by atoms with van der Waals surface area (Å²) in [6.07, 6.45) is 2.18. The first-order valence-electron chi connectivity index (χ1n) is 7.65. The van der Waals surface area contributed by atoms with Gasteiger partial charge in [0.25, 0.3) is 0 Å². The summed E-state index contributed by atoms with van der Waals surface area (Å²) in [4.78, 5) is 4.86. The molecule has 110 valence electrons. The maximum Gasteiger partial charge on any atom is 0.122 e. The number of benzene rings is 1. The molecule has 1 N–H and O–H groups in total. The van der Waals surface area contributed by atoms with E-state index in [1.54, 1.807) is 0 Å². The zero-order valence-electron chi connectivity index (χ0n) is 12.1. The summed E-state index contributed by atoms with van der Waals surface area (Å²) in [5, 5.41) is 8.95. The van der Waals surface area contributed by atoms with Crippen LogP contribution in [0.4, 0.5) is 0 Å². The summed E-state index contributed by atoms with van der Waals surface area (Å²) in [7, 11) is 0. The molecule has 0 amide bonds. The van der Waals surface area contributed by atoms with Crippen molar-refractivity contribution in [3.05, 3.63) is 29.3 Å². The van der Waals surface area contributed by atoms with Crippen molar-refractivity contribution in [3.63, 3.8) is 0 Å². The minimum Gasteiger partial charge on any atom is -0.493 e. The highest BCUT2D eigenvalue weighted by molar-refractivity contribution is 5.39. The fourth-order valence-corrected chi connectivity index (χ4v) is 3.06. The first kappa shape index (κ1) is 13.9. The Kier molecular flexibility index (Phi) is 4.55. The molecule has 0 unspecified atom stereocenters. The molecular formula is C16H24N2O2. The Hall–Kier alpha value is -1.10. The lowest BCUT2D eigenvalue weighted by Gasteiger charge is -2.34. The van der Waals surface area contributed by atoms with Crippen molar-refractivity contribution in [2.75, 3.05) is 52.5 Å². The second-order valence-corrected chi connectivity index (χ2v) is 5.70. The molecule has 1 saturated heterocycles. The average molecular weight is 276 g/mol. The molecule has 1 fully saturated rings. The van der Waals surface area contributed by atoms with Gasteiger partial charge in [0.2, 0.25) is 0 Å². The number of β-amino-alcohol motifs (C(OH)–C–C–N with tert-alkyl or cyclic N) is 1. The molecule has 2 heterocycles. The van der Waals surface area contributed by atoms with Crippen molar-refractivity contribution in [1.29, 1.82) is 0 Å². The summed E-state index contributed by atoms with van der Waals surface area (Å²) >= 11 is 0.